The van der Waals surface area contributed by atoms with Gasteiger partial charge in [-0.25, -0.2) is 0 Å². The van der Waals surface area contributed by atoms with E-state index < -0.39 is 0 Å². The molecule has 0 N–H and O–H groups in total. The Bertz CT molecular complexity index is 1720. The van der Waals surface area contributed by atoms with Gasteiger partial charge in [-0.3, -0.25) is 9.80 Å². The molecule has 8 nitrogen and oxygen atoms in total. The predicted octanol–water partition coefficient (Wildman–Crippen LogP) is 6.53. The summed E-state index contributed by atoms with van der Waals surface area (Å²) >= 11 is 0. The van der Waals surface area contributed by atoms with Crippen molar-refractivity contribution in [3.05, 3.63) is 108 Å². The molecule has 0 saturated carbocycles. The lowest BCUT2D eigenvalue weighted by molar-refractivity contribution is 0.102. The van der Waals surface area contributed by atoms with Gasteiger partial charge in [0, 0.05) is 81.1 Å². The number of nitrogens with zero attached hydrogens (tertiary/aromatic N) is 4. The van der Waals surface area contributed by atoms with Crippen LogP contribution in [0, 0.1) is 0 Å². The highest BCUT2D eigenvalue weighted by molar-refractivity contribution is 5.60. The van der Waals surface area contributed by atoms with Crippen molar-refractivity contribution in [2.45, 2.75) is 30.7 Å². The number of fused-ring (bicyclic) bond motifs is 1. The Morgan fingerprint density at radius 1 is 0.580 bits per heavy atom. The first-order valence-electron chi connectivity index (χ1n) is 18.0. The minimum absolute atomic E-state index is 0.104. The van der Waals surface area contributed by atoms with Gasteiger partial charge < -0.3 is 28.7 Å². The zero-order valence-electron chi connectivity index (χ0n) is 30.3. The van der Waals surface area contributed by atoms with E-state index in [1.807, 2.05) is 0 Å². The topological polar surface area (TPSA) is 49.9 Å². The number of benzene rings is 4. The highest BCUT2D eigenvalue weighted by Crippen LogP contribution is 2.56. The minimum atomic E-state index is -0.155. The van der Waals surface area contributed by atoms with Crippen LogP contribution in [0.2, 0.25) is 0 Å². The third kappa shape index (κ3) is 6.47. The highest BCUT2D eigenvalue weighted by Gasteiger charge is 2.53. The molecule has 2 aliphatic heterocycles. The van der Waals surface area contributed by atoms with E-state index >= 15 is 0 Å². The number of ether oxygens (including phenoxy) is 4. The molecular formula is C42H52N4O4. The van der Waals surface area contributed by atoms with Gasteiger partial charge in [-0.1, -0.05) is 49.4 Å². The highest BCUT2D eigenvalue weighted by atomic mass is 16.5. The lowest BCUT2D eigenvalue weighted by atomic mass is 9.74. The van der Waals surface area contributed by atoms with Gasteiger partial charge in [0.25, 0.3) is 0 Å². The van der Waals surface area contributed by atoms with Crippen molar-refractivity contribution >= 4 is 11.4 Å². The summed E-state index contributed by atoms with van der Waals surface area (Å²) in [6, 6.07) is 32.9. The van der Waals surface area contributed by atoms with E-state index in [0.717, 1.165) is 88.3 Å². The Kier molecular flexibility index (Phi) is 10.1. The molecule has 0 amide bonds. The molecule has 0 spiro atoms. The lowest BCUT2D eigenvalue weighted by Gasteiger charge is -2.47. The number of rotatable bonds is 11. The van der Waals surface area contributed by atoms with Crippen LogP contribution < -0.4 is 28.7 Å². The van der Waals surface area contributed by atoms with Gasteiger partial charge >= 0.3 is 0 Å². The van der Waals surface area contributed by atoms with Crippen LogP contribution in [-0.2, 0) is 5.41 Å². The maximum absolute atomic E-state index is 5.96. The third-order valence-corrected chi connectivity index (χ3v) is 11.5. The predicted molar refractivity (Wildman–Crippen MR) is 202 cm³/mol. The van der Waals surface area contributed by atoms with E-state index in [1.165, 1.54) is 28.1 Å². The maximum atomic E-state index is 5.96. The molecule has 264 valence electrons. The van der Waals surface area contributed by atoms with Gasteiger partial charge in [-0.15, -0.1) is 0 Å². The number of para-hydroxylation sites is 2. The number of hydrogen-bond donors (Lipinski definition) is 0. The zero-order chi connectivity index (χ0) is 34.7. The SMILES string of the molecule is COc1ccc(C2c3cc(OC)c(OC)cc3C(C)(CCN3CCN(c4ccccc4)CC3)C2N2CCN(c3ccccc3)CC2)cc1OC. The summed E-state index contributed by atoms with van der Waals surface area (Å²) < 4.78 is 23.4. The van der Waals surface area contributed by atoms with Gasteiger partial charge in [-0.05, 0) is 78.2 Å². The molecule has 7 rings (SSSR count). The molecule has 0 bridgehead atoms. The fourth-order valence-corrected chi connectivity index (χ4v) is 8.80. The lowest BCUT2D eigenvalue weighted by Crippen LogP contribution is -2.57. The van der Waals surface area contributed by atoms with Gasteiger partial charge in [0.1, 0.15) is 0 Å². The first-order valence-corrected chi connectivity index (χ1v) is 18.0. The summed E-state index contributed by atoms with van der Waals surface area (Å²) in [5.41, 5.74) is 6.35. The standard InChI is InChI=1S/C42H52N4O4/c1-42(18-19-43-20-22-44(23-21-43)32-12-8-6-9-13-32)35-30-39(50-5)38(49-4)29-34(35)40(31-16-17-36(47-2)37(28-31)48-3)41(42)46-26-24-45(25-27-46)33-14-10-7-11-15-33/h6-17,28-30,40-41H,18-27H2,1-5H3. The molecule has 2 heterocycles. The van der Waals surface area contributed by atoms with Crippen LogP contribution in [0.1, 0.15) is 36.0 Å². The van der Waals surface area contributed by atoms with Gasteiger partial charge in [-0.2, -0.15) is 0 Å². The van der Waals surface area contributed by atoms with Crippen LogP contribution in [0.3, 0.4) is 0 Å². The first kappa shape index (κ1) is 34.1. The van der Waals surface area contributed by atoms with Crippen molar-refractivity contribution in [1.29, 1.82) is 0 Å². The Morgan fingerprint density at radius 3 is 1.66 bits per heavy atom. The summed E-state index contributed by atoms with van der Waals surface area (Å²) in [6.45, 7) is 11.7. The first-order chi connectivity index (χ1) is 24.5. The molecule has 3 aliphatic rings. The Labute approximate surface area is 298 Å². The molecule has 3 atom stereocenters. The average molecular weight is 677 g/mol. The van der Waals surface area contributed by atoms with Crippen molar-refractivity contribution in [3.63, 3.8) is 0 Å². The van der Waals surface area contributed by atoms with E-state index in [9.17, 15) is 0 Å². The number of hydrogen-bond acceptors (Lipinski definition) is 8. The van der Waals surface area contributed by atoms with Crippen LogP contribution in [0.15, 0.2) is 91.0 Å². The fourth-order valence-electron chi connectivity index (χ4n) is 8.80. The molecule has 3 unspecified atom stereocenters. The Balaban J connectivity index is 1.25. The second kappa shape index (κ2) is 14.8. The number of anilines is 2. The second-order valence-electron chi connectivity index (χ2n) is 14.0. The van der Waals surface area contributed by atoms with Crippen molar-refractivity contribution < 1.29 is 18.9 Å². The largest absolute Gasteiger partial charge is 0.493 e. The average Bonchev–Trinajstić information content (AvgIpc) is 3.44. The van der Waals surface area contributed by atoms with Crippen LogP contribution >= 0.6 is 0 Å². The van der Waals surface area contributed by atoms with Gasteiger partial charge in [0.05, 0.1) is 28.4 Å². The smallest absolute Gasteiger partial charge is 0.161 e. The summed E-state index contributed by atoms with van der Waals surface area (Å²) in [5, 5.41) is 0. The van der Waals surface area contributed by atoms with Crippen LogP contribution in [-0.4, -0.2) is 103 Å². The summed E-state index contributed by atoms with van der Waals surface area (Å²) in [7, 11) is 6.90. The minimum Gasteiger partial charge on any atom is -0.493 e. The molecule has 1 aliphatic carbocycles. The van der Waals surface area contributed by atoms with Crippen LogP contribution in [0.25, 0.3) is 0 Å². The Hall–Kier alpha value is -4.40. The van der Waals surface area contributed by atoms with E-state index in [1.54, 1.807) is 28.4 Å². The van der Waals surface area contributed by atoms with Crippen LogP contribution in [0.5, 0.6) is 23.0 Å². The fraction of sp³-hybridized carbons (Fsp3) is 0.429. The zero-order valence-corrected chi connectivity index (χ0v) is 30.3. The molecule has 0 aromatic heterocycles. The van der Waals surface area contributed by atoms with Crippen molar-refractivity contribution in [3.8, 4) is 23.0 Å². The molecule has 50 heavy (non-hydrogen) atoms. The van der Waals surface area contributed by atoms with Crippen molar-refractivity contribution in [1.82, 2.24) is 9.80 Å². The quantitative estimate of drug-likeness (QED) is 0.178. The van der Waals surface area contributed by atoms with Crippen molar-refractivity contribution in [2.75, 3.05) is 97.1 Å². The molecule has 4 aromatic rings. The summed E-state index contributed by atoms with van der Waals surface area (Å²) in [5.74, 6) is 3.16. The molecule has 4 aromatic carbocycles. The molecular weight excluding hydrogens is 624 g/mol. The molecule has 2 saturated heterocycles. The second-order valence-corrected chi connectivity index (χ2v) is 14.0. The van der Waals surface area contributed by atoms with E-state index in [4.69, 9.17) is 18.9 Å². The van der Waals surface area contributed by atoms with Crippen molar-refractivity contribution in [2.24, 2.45) is 0 Å². The molecule has 8 heteroatoms. The Morgan fingerprint density at radius 2 is 1.10 bits per heavy atom. The van der Waals surface area contributed by atoms with E-state index in [2.05, 4.69) is 118 Å². The van der Waals surface area contributed by atoms with Crippen LogP contribution in [0.4, 0.5) is 11.4 Å². The monoisotopic (exact) mass is 676 g/mol. The van der Waals surface area contributed by atoms with Gasteiger partial charge in [0.2, 0.25) is 0 Å². The number of methoxy groups -OCH3 is 4. The normalized spacial score (nSPS) is 22.7. The van der Waals surface area contributed by atoms with Gasteiger partial charge in [0.15, 0.2) is 23.0 Å². The maximum Gasteiger partial charge on any atom is 0.161 e. The molecule has 0 radical (unpaired) electrons. The van der Waals surface area contributed by atoms with E-state index in [0.29, 0.717) is 0 Å². The summed E-state index contributed by atoms with van der Waals surface area (Å²) in [4.78, 5) is 10.5. The molecule has 2 fully saturated rings. The third-order valence-electron chi connectivity index (χ3n) is 11.5. The number of piperazine rings is 2. The summed E-state index contributed by atoms with van der Waals surface area (Å²) in [6.07, 6.45) is 1.04. The van der Waals surface area contributed by atoms with E-state index in [-0.39, 0.29) is 17.4 Å².